The first-order valence-electron chi connectivity index (χ1n) is 8.21. The van der Waals surface area contributed by atoms with Crippen LogP contribution in [-0.2, 0) is 17.8 Å². The first-order chi connectivity index (χ1) is 11.1. The molecule has 1 aromatic heterocycles. The molecule has 0 atom stereocenters. The fourth-order valence-electron chi connectivity index (χ4n) is 3.88. The summed E-state index contributed by atoms with van der Waals surface area (Å²) in [7, 11) is 1.98. The van der Waals surface area contributed by atoms with Crippen molar-refractivity contribution in [3.63, 3.8) is 0 Å². The predicted molar refractivity (Wildman–Crippen MR) is 88.4 cm³/mol. The van der Waals surface area contributed by atoms with Crippen LogP contribution in [0.4, 0.5) is 0 Å². The van der Waals surface area contributed by atoms with Crippen LogP contribution in [0.2, 0.25) is 0 Å². The third kappa shape index (κ3) is 2.38. The number of carbonyl (C=O) groups excluding carboxylic acids is 2. The number of rotatable bonds is 1. The number of piperidine rings is 1. The number of hydrogen-bond acceptors (Lipinski definition) is 5. The molecule has 124 valence electrons. The van der Waals surface area contributed by atoms with Gasteiger partial charge in [0.25, 0.3) is 5.91 Å². The molecule has 0 saturated carbocycles. The number of amides is 2. The van der Waals surface area contributed by atoms with Crippen molar-refractivity contribution in [3.8, 4) is 0 Å². The molecule has 2 amide bonds. The Morgan fingerprint density at radius 1 is 1.35 bits per heavy atom. The third-order valence-corrected chi connectivity index (χ3v) is 6.68. The van der Waals surface area contributed by atoms with E-state index in [0.29, 0.717) is 32.6 Å². The topological polar surface area (TPSA) is 64.7 Å². The van der Waals surface area contributed by atoms with E-state index in [1.807, 2.05) is 18.0 Å². The summed E-state index contributed by atoms with van der Waals surface area (Å²) < 4.78 is 0. The van der Waals surface area contributed by atoms with Crippen molar-refractivity contribution in [3.05, 3.63) is 21.4 Å². The molecule has 1 aromatic rings. The molecule has 2 fully saturated rings. The molecule has 6 nitrogen and oxygen atoms in total. The Labute approximate surface area is 139 Å². The number of nitrogens with one attached hydrogen (secondary N) is 2. The van der Waals surface area contributed by atoms with Gasteiger partial charge in [-0.2, -0.15) is 0 Å². The molecule has 0 bridgehead atoms. The minimum absolute atomic E-state index is 0.116. The van der Waals surface area contributed by atoms with Gasteiger partial charge in [0.05, 0.1) is 11.5 Å². The van der Waals surface area contributed by atoms with Crippen LogP contribution in [0.25, 0.3) is 0 Å². The summed E-state index contributed by atoms with van der Waals surface area (Å²) in [5.74, 6) is 0.241. The highest BCUT2D eigenvalue weighted by Gasteiger charge is 2.49. The SMILES string of the molecule is CN1CNC(=O)C12CCN(C(=O)c1cc3c(s1)CCNC3)CC2. The molecule has 4 heterocycles. The van der Waals surface area contributed by atoms with Crippen molar-refractivity contribution in [1.29, 1.82) is 0 Å². The van der Waals surface area contributed by atoms with Gasteiger partial charge in [0.1, 0.15) is 5.54 Å². The Morgan fingerprint density at radius 2 is 2.13 bits per heavy atom. The number of nitrogens with zero attached hydrogens (tertiary/aromatic N) is 2. The molecule has 7 heteroatoms. The van der Waals surface area contributed by atoms with Gasteiger partial charge in [-0.15, -0.1) is 11.3 Å². The highest BCUT2D eigenvalue weighted by molar-refractivity contribution is 7.14. The smallest absolute Gasteiger partial charge is 0.263 e. The van der Waals surface area contributed by atoms with E-state index in [0.717, 1.165) is 24.4 Å². The second-order valence-electron chi connectivity index (χ2n) is 6.67. The predicted octanol–water partition coefficient (Wildman–Crippen LogP) is 0.388. The normalized spacial score (nSPS) is 23.9. The van der Waals surface area contributed by atoms with E-state index in [9.17, 15) is 9.59 Å². The van der Waals surface area contributed by atoms with Gasteiger partial charge >= 0.3 is 0 Å². The summed E-state index contributed by atoms with van der Waals surface area (Å²) in [6.45, 7) is 3.77. The molecule has 2 N–H and O–H groups in total. The minimum atomic E-state index is -0.407. The van der Waals surface area contributed by atoms with Gasteiger partial charge in [-0.3, -0.25) is 14.5 Å². The lowest BCUT2D eigenvalue weighted by atomic mass is 9.86. The zero-order chi connectivity index (χ0) is 16.0. The van der Waals surface area contributed by atoms with E-state index in [-0.39, 0.29) is 11.8 Å². The zero-order valence-corrected chi connectivity index (χ0v) is 14.2. The summed E-state index contributed by atoms with van der Waals surface area (Å²) in [6, 6.07) is 2.05. The van der Waals surface area contributed by atoms with Crippen molar-refractivity contribution in [2.24, 2.45) is 0 Å². The van der Waals surface area contributed by atoms with Crippen LogP contribution >= 0.6 is 11.3 Å². The fourth-order valence-corrected chi connectivity index (χ4v) is 5.03. The average molecular weight is 334 g/mol. The first kappa shape index (κ1) is 15.1. The molecular formula is C16H22N4O2S. The van der Waals surface area contributed by atoms with Gasteiger partial charge in [0.15, 0.2) is 0 Å². The van der Waals surface area contributed by atoms with Crippen LogP contribution in [0, 0.1) is 0 Å². The summed E-state index contributed by atoms with van der Waals surface area (Å²) >= 11 is 1.64. The Hall–Kier alpha value is -1.44. The van der Waals surface area contributed by atoms with Gasteiger partial charge in [0.2, 0.25) is 5.91 Å². The van der Waals surface area contributed by atoms with Crippen molar-refractivity contribution in [1.82, 2.24) is 20.4 Å². The number of hydrogen-bond donors (Lipinski definition) is 2. The van der Waals surface area contributed by atoms with Crippen LogP contribution in [-0.4, -0.2) is 60.5 Å². The average Bonchev–Trinajstić information content (AvgIpc) is 3.12. The van der Waals surface area contributed by atoms with Crippen molar-refractivity contribution >= 4 is 23.2 Å². The highest BCUT2D eigenvalue weighted by Crippen LogP contribution is 2.33. The molecule has 0 radical (unpaired) electrons. The second kappa shape index (κ2) is 5.58. The number of likely N-dealkylation sites (N-methyl/N-ethyl adjacent to an activating group) is 1. The Kier molecular flexibility index (Phi) is 3.66. The highest BCUT2D eigenvalue weighted by atomic mass is 32.1. The maximum absolute atomic E-state index is 12.8. The first-order valence-corrected chi connectivity index (χ1v) is 9.03. The van der Waals surface area contributed by atoms with Crippen LogP contribution < -0.4 is 10.6 Å². The molecule has 3 aliphatic rings. The summed E-state index contributed by atoms with van der Waals surface area (Å²) in [6.07, 6.45) is 2.45. The molecule has 0 unspecified atom stereocenters. The lowest BCUT2D eigenvalue weighted by molar-refractivity contribution is -0.128. The van der Waals surface area contributed by atoms with E-state index in [4.69, 9.17) is 0 Å². The molecule has 4 rings (SSSR count). The van der Waals surface area contributed by atoms with E-state index in [1.165, 1.54) is 10.4 Å². The van der Waals surface area contributed by atoms with Crippen LogP contribution in [0.1, 0.15) is 33.0 Å². The summed E-state index contributed by atoms with van der Waals surface area (Å²) in [5, 5.41) is 6.26. The number of carbonyl (C=O) groups is 2. The lowest BCUT2D eigenvalue weighted by Crippen LogP contribution is -2.55. The van der Waals surface area contributed by atoms with Crippen molar-refractivity contribution < 1.29 is 9.59 Å². The molecule has 23 heavy (non-hydrogen) atoms. The number of fused-ring (bicyclic) bond motifs is 1. The largest absolute Gasteiger partial charge is 0.342 e. The van der Waals surface area contributed by atoms with E-state index in [2.05, 4.69) is 15.5 Å². The molecular weight excluding hydrogens is 312 g/mol. The van der Waals surface area contributed by atoms with Crippen LogP contribution in [0.15, 0.2) is 6.07 Å². The van der Waals surface area contributed by atoms with Gasteiger partial charge in [0, 0.05) is 31.1 Å². The molecule has 0 aromatic carbocycles. The third-order valence-electron chi connectivity index (χ3n) is 5.46. The van der Waals surface area contributed by atoms with Gasteiger partial charge < -0.3 is 15.5 Å². The van der Waals surface area contributed by atoms with E-state index in [1.54, 1.807) is 11.3 Å². The van der Waals surface area contributed by atoms with Gasteiger partial charge in [-0.25, -0.2) is 0 Å². The fraction of sp³-hybridized carbons (Fsp3) is 0.625. The molecule has 1 spiro atoms. The molecule has 2 saturated heterocycles. The number of thiophene rings is 1. The van der Waals surface area contributed by atoms with Crippen molar-refractivity contribution in [2.45, 2.75) is 31.3 Å². The minimum Gasteiger partial charge on any atom is -0.342 e. The maximum Gasteiger partial charge on any atom is 0.263 e. The Bertz CT molecular complexity index is 625. The molecule has 3 aliphatic heterocycles. The quantitative estimate of drug-likeness (QED) is 0.780. The summed E-state index contributed by atoms with van der Waals surface area (Å²) in [5.41, 5.74) is 0.864. The van der Waals surface area contributed by atoms with Gasteiger partial charge in [-0.1, -0.05) is 0 Å². The summed E-state index contributed by atoms with van der Waals surface area (Å²) in [4.78, 5) is 31.2. The van der Waals surface area contributed by atoms with Crippen LogP contribution in [0.5, 0.6) is 0 Å². The maximum atomic E-state index is 12.8. The number of likely N-dealkylation sites (tertiary alicyclic amines) is 1. The molecule has 0 aliphatic carbocycles. The van der Waals surface area contributed by atoms with Crippen LogP contribution in [0.3, 0.4) is 0 Å². The monoisotopic (exact) mass is 334 g/mol. The second-order valence-corrected chi connectivity index (χ2v) is 7.81. The lowest BCUT2D eigenvalue weighted by Gasteiger charge is -2.40. The Morgan fingerprint density at radius 3 is 2.78 bits per heavy atom. The van der Waals surface area contributed by atoms with E-state index >= 15 is 0 Å². The standard InChI is InChI=1S/C16H22N4O2S/c1-19-10-18-15(22)16(19)3-6-20(7-4-16)14(21)13-8-11-9-17-5-2-12(11)23-13/h8,17H,2-7,9-10H2,1H3,(H,18,22). The zero-order valence-electron chi connectivity index (χ0n) is 13.4. The van der Waals surface area contributed by atoms with Gasteiger partial charge in [-0.05, 0) is 37.9 Å². The Balaban J connectivity index is 1.47. The van der Waals surface area contributed by atoms with E-state index < -0.39 is 5.54 Å². The van der Waals surface area contributed by atoms with Crippen molar-refractivity contribution in [2.75, 3.05) is 33.4 Å².